The number of hydrogen-bond acceptors (Lipinski definition) is 4. The summed E-state index contributed by atoms with van der Waals surface area (Å²) in [5, 5.41) is 12.3. The molecule has 0 saturated heterocycles. The average Bonchev–Trinajstić information content (AvgIpc) is 2.44. The molecule has 0 bridgehead atoms. The van der Waals surface area contributed by atoms with Gasteiger partial charge in [0.15, 0.2) is 0 Å². The molecule has 0 heterocycles. The van der Waals surface area contributed by atoms with Crippen LogP contribution in [0.1, 0.15) is 11.1 Å². The summed E-state index contributed by atoms with van der Waals surface area (Å²) in [6.07, 6.45) is 0. The SMILES string of the molecule is CNCc1cc(Br)ccc1Sc1ccc(CO)cc1N. The molecule has 0 aliphatic heterocycles. The summed E-state index contributed by atoms with van der Waals surface area (Å²) in [6.45, 7) is 0.814. The third-order valence-electron chi connectivity index (χ3n) is 2.87. The van der Waals surface area contributed by atoms with Crippen molar-refractivity contribution in [2.24, 2.45) is 0 Å². The van der Waals surface area contributed by atoms with Crippen LogP contribution >= 0.6 is 27.7 Å². The molecule has 0 fully saturated rings. The second kappa shape index (κ2) is 7.13. The van der Waals surface area contributed by atoms with Gasteiger partial charge in [-0.05, 0) is 48.5 Å². The number of nitrogen functional groups attached to an aromatic ring is 1. The highest BCUT2D eigenvalue weighted by Gasteiger charge is 2.08. The van der Waals surface area contributed by atoms with Crippen molar-refractivity contribution >= 4 is 33.4 Å². The lowest BCUT2D eigenvalue weighted by Crippen LogP contribution is -2.06. The van der Waals surface area contributed by atoms with Crippen LogP contribution in [0.15, 0.2) is 50.7 Å². The minimum Gasteiger partial charge on any atom is -0.398 e. The first-order valence-corrected chi connectivity index (χ1v) is 7.85. The zero-order chi connectivity index (χ0) is 14.5. The van der Waals surface area contributed by atoms with Crippen molar-refractivity contribution in [2.45, 2.75) is 22.9 Å². The summed E-state index contributed by atoms with van der Waals surface area (Å²) in [5.74, 6) is 0. The second-order valence-corrected chi connectivity index (χ2v) is 6.41. The Kier molecular flexibility index (Phi) is 5.48. The van der Waals surface area contributed by atoms with Crippen LogP contribution in [0.25, 0.3) is 0 Å². The van der Waals surface area contributed by atoms with E-state index >= 15 is 0 Å². The normalized spacial score (nSPS) is 10.8. The quantitative estimate of drug-likeness (QED) is 0.721. The molecule has 2 aromatic rings. The first-order valence-electron chi connectivity index (χ1n) is 6.24. The van der Waals surface area contributed by atoms with Crippen LogP contribution in [0, 0.1) is 0 Å². The van der Waals surface area contributed by atoms with Crippen LogP contribution < -0.4 is 11.1 Å². The van der Waals surface area contributed by atoms with Gasteiger partial charge in [-0.1, -0.05) is 33.8 Å². The van der Waals surface area contributed by atoms with Crippen LogP contribution in [-0.4, -0.2) is 12.2 Å². The van der Waals surface area contributed by atoms with E-state index in [0.717, 1.165) is 21.5 Å². The van der Waals surface area contributed by atoms with E-state index in [-0.39, 0.29) is 6.61 Å². The molecule has 3 nitrogen and oxygen atoms in total. The first kappa shape index (κ1) is 15.4. The maximum Gasteiger partial charge on any atom is 0.0682 e. The number of benzene rings is 2. The van der Waals surface area contributed by atoms with Gasteiger partial charge in [-0.3, -0.25) is 0 Å². The Balaban J connectivity index is 2.29. The molecule has 4 N–H and O–H groups in total. The van der Waals surface area contributed by atoms with E-state index in [9.17, 15) is 0 Å². The van der Waals surface area contributed by atoms with Gasteiger partial charge in [0.25, 0.3) is 0 Å². The monoisotopic (exact) mass is 352 g/mol. The second-order valence-electron chi connectivity index (χ2n) is 4.41. The van der Waals surface area contributed by atoms with Gasteiger partial charge in [-0.15, -0.1) is 0 Å². The standard InChI is InChI=1S/C15H17BrN2OS/c1-18-8-11-7-12(16)3-5-14(11)20-15-4-2-10(9-19)6-13(15)17/h2-7,18-19H,8-9,17H2,1H3. The molecule has 0 spiro atoms. The van der Waals surface area contributed by atoms with Crippen LogP contribution in [0.2, 0.25) is 0 Å². The number of nitrogens with two attached hydrogens (primary N) is 1. The molecule has 0 atom stereocenters. The summed E-state index contributed by atoms with van der Waals surface area (Å²) in [6, 6.07) is 11.9. The van der Waals surface area contributed by atoms with Gasteiger partial charge in [0.2, 0.25) is 0 Å². The van der Waals surface area contributed by atoms with Gasteiger partial charge in [0, 0.05) is 26.5 Å². The van der Waals surface area contributed by atoms with Crippen LogP contribution in [0.3, 0.4) is 0 Å². The summed E-state index contributed by atoms with van der Waals surface area (Å²) < 4.78 is 1.07. The van der Waals surface area contributed by atoms with Crippen molar-refractivity contribution in [1.29, 1.82) is 0 Å². The fourth-order valence-corrected chi connectivity index (χ4v) is 3.24. The zero-order valence-electron chi connectivity index (χ0n) is 11.2. The highest BCUT2D eigenvalue weighted by Crippen LogP contribution is 2.35. The van der Waals surface area contributed by atoms with Crippen molar-refractivity contribution < 1.29 is 5.11 Å². The highest BCUT2D eigenvalue weighted by atomic mass is 79.9. The minimum absolute atomic E-state index is 0.0123. The molecular weight excluding hydrogens is 336 g/mol. The molecule has 0 saturated carbocycles. The maximum atomic E-state index is 9.11. The lowest BCUT2D eigenvalue weighted by atomic mass is 10.2. The molecule has 0 aromatic heterocycles. The average molecular weight is 353 g/mol. The Morgan fingerprint density at radius 3 is 2.60 bits per heavy atom. The molecule has 0 amide bonds. The summed E-state index contributed by atoms with van der Waals surface area (Å²) in [7, 11) is 1.93. The Hall–Kier alpha value is -1.01. The molecular formula is C15H17BrN2OS. The van der Waals surface area contributed by atoms with Gasteiger partial charge in [0.1, 0.15) is 0 Å². The van der Waals surface area contributed by atoms with E-state index in [4.69, 9.17) is 10.8 Å². The molecule has 20 heavy (non-hydrogen) atoms. The van der Waals surface area contributed by atoms with Crippen LogP contribution in [0.4, 0.5) is 5.69 Å². The van der Waals surface area contributed by atoms with Crippen LogP contribution in [-0.2, 0) is 13.2 Å². The van der Waals surface area contributed by atoms with E-state index in [1.807, 2.05) is 31.3 Å². The van der Waals surface area contributed by atoms with E-state index < -0.39 is 0 Å². The number of aliphatic hydroxyl groups excluding tert-OH is 1. The zero-order valence-corrected chi connectivity index (χ0v) is 13.6. The largest absolute Gasteiger partial charge is 0.398 e. The number of nitrogens with one attached hydrogen (secondary N) is 1. The van der Waals surface area contributed by atoms with Crippen molar-refractivity contribution in [1.82, 2.24) is 5.32 Å². The molecule has 106 valence electrons. The van der Waals surface area contributed by atoms with Gasteiger partial charge in [0.05, 0.1) is 6.61 Å². The number of rotatable bonds is 5. The summed E-state index contributed by atoms with van der Waals surface area (Å²) in [4.78, 5) is 2.17. The summed E-state index contributed by atoms with van der Waals surface area (Å²) in [5.41, 5.74) is 8.79. The Labute approximate surface area is 131 Å². The number of anilines is 1. The fraction of sp³-hybridized carbons (Fsp3) is 0.200. The lowest BCUT2D eigenvalue weighted by molar-refractivity contribution is 0.282. The third-order valence-corrected chi connectivity index (χ3v) is 4.57. The van der Waals surface area contributed by atoms with Gasteiger partial charge in [-0.2, -0.15) is 0 Å². The number of aliphatic hydroxyl groups is 1. The first-order chi connectivity index (χ1) is 9.63. The van der Waals surface area contributed by atoms with E-state index in [2.05, 4.69) is 33.4 Å². The van der Waals surface area contributed by atoms with Crippen molar-refractivity contribution in [2.75, 3.05) is 12.8 Å². The van der Waals surface area contributed by atoms with Crippen molar-refractivity contribution in [3.05, 3.63) is 52.0 Å². The van der Waals surface area contributed by atoms with Crippen LogP contribution in [0.5, 0.6) is 0 Å². The smallest absolute Gasteiger partial charge is 0.0682 e. The van der Waals surface area contributed by atoms with E-state index in [0.29, 0.717) is 5.69 Å². The lowest BCUT2D eigenvalue weighted by Gasteiger charge is -2.11. The van der Waals surface area contributed by atoms with E-state index in [1.54, 1.807) is 11.8 Å². The molecule has 0 aliphatic rings. The Morgan fingerprint density at radius 2 is 1.95 bits per heavy atom. The predicted octanol–water partition coefficient (Wildman–Crippen LogP) is 3.39. The van der Waals surface area contributed by atoms with E-state index in [1.165, 1.54) is 10.5 Å². The van der Waals surface area contributed by atoms with Gasteiger partial charge in [-0.25, -0.2) is 0 Å². The topological polar surface area (TPSA) is 58.3 Å². The predicted molar refractivity (Wildman–Crippen MR) is 87.8 cm³/mol. The van der Waals surface area contributed by atoms with Crippen molar-refractivity contribution in [3.8, 4) is 0 Å². The molecule has 5 heteroatoms. The van der Waals surface area contributed by atoms with Gasteiger partial charge >= 0.3 is 0 Å². The third kappa shape index (κ3) is 3.76. The maximum absolute atomic E-state index is 9.11. The molecule has 2 aromatic carbocycles. The molecule has 0 radical (unpaired) electrons. The molecule has 2 rings (SSSR count). The summed E-state index contributed by atoms with van der Waals surface area (Å²) >= 11 is 5.14. The fourth-order valence-electron chi connectivity index (χ4n) is 1.88. The molecule has 0 unspecified atom stereocenters. The number of halogens is 1. The number of hydrogen-bond donors (Lipinski definition) is 3. The Bertz CT molecular complexity index is 604. The minimum atomic E-state index is 0.0123. The van der Waals surface area contributed by atoms with Gasteiger partial charge < -0.3 is 16.2 Å². The van der Waals surface area contributed by atoms with Crippen molar-refractivity contribution in [3.63, 3.8) is 0 Å². The Morgan fingerprint density at radius 1 is 1.20 bits per heavy atom. The molecule has 0 aliphatic carbocycles. The highest BCUT2D eigenvalue weighted by molar-refractivity contribution is 9.10.